The van der Waals surface area contributed by atoms with Gasteiger partial charge in [-0.1, -0.05) is 55.7 Å². The molecule has 21 heavy (non-hydrogen) atoms. The van der Waals surface area contributed by atoms with E-state index in [2.05, 4.69) is 29.2 Å². The summed E-state index contributed by atoms with van der Waals surface area (Å²) >= 11 is 1.93. The number of benzene rings is 1. The molecule has 1 saturated carbocycles. The zero-order chi connectivity index (χ0) is 14.5. The number of nitrogens with zero attached hydrogens (tertiary/aromatic N) is 1. The second-order valence-corrected chi connectivity index (χ2v) is 7.02. The first-order chi connectivity index (χ1) is 10.3. The van der Waals surface area contributed by atoms with Gasteiger partial charge in [0.25, 0.3) is 0 Å². The largest absolute Gasteiger partial charge is 0.320 e. The van der Waals surface area contributed by atoms with Crippen molar-refractivity contribution < 1.29 is 0 Å². The second kappa shape index (κ2) is 7.10. The van der Waals surface area contributed by atoms with Crippen LogP contribution in [0.15, 0.2) is 53.7 Å². The van der Waals surface area contributed by atoms with Gasteiger partial charge in [0.05, 0.1) is 11.1 Å². The molecule has 2 N–H and O–H groups in total. The van der Waals surface area contributed by atoms with Gasteiger partial charge in [-0.05, 0) is 30.0 Å². The summed E-state index contributed by atoms with van der Waals surface area (Å²) in [5.41, 5.74) is 8.51. The number of nitrogens with two attached hydrogens (primary N) is 1. The summed E-state index contributed by atoms with van der Waals surface area (Å²) in [4.78, 5) is 4.60. The van der Waals surface area contributed by atoms with Gasteiger partial charge in [-0.2, -0.15) is 0 Å². The lowest BCUT2D eigenvalue weighted by atomic mass is 10.0. The van der Waals surface area contributed by atoms with Gasteiger partial charge in [-0.25, -0.2) is 4.98 Å². The molecule has 0 bridgehead atoms. The molecule has 1 heterocycles. The van der Waals surface area contributed by atoms with Crippen LogP contribution in [0.2, 0.25) is 0 Å². The lowest BCUT2D eigenvalue weighted by Gasteiger charge is -2.20. The Morgan fingerprint density at radius 3 is 2.38 bits per heavy atom. The zero-order valence-electron chi connectivity index (χ0n) is 12.2. The van der Waals surface area contributed by atoms with E-state index in [9.17, 15) is 0 Å². The van der Waals surface area contributed by atoms with Gasteiger partial charge in [0.2, 0.25) is 0 Å². The lowest BCUT2D eigenvalue weighted by molar-refractivity contribution is 0.515. The quantitative estimate of drug-likeness (QED) is 0.899. The van der Waals surface area contributed by atoms with Crippen molar-refractivity contribution in [1.82, 2.24) is 4.98 Å². The molecule has 3 heteroatoms. The van der Waals surface area contributed by atoms with E-state index in [0.29, 0.717) is 0 Å². The Kier molecular flexibility index (Phi) is 4.94. The molecule has 1 aliphatic rings. The highest BCUT2D eigenvalue weighted by Gasteiger charge is 2.15. The fourth-order valence-corrected chi connectivity index (χ4v) is 4.02. The minimum Gasteiger partial charge on any atom is -0.320 e. The van der Waals surface area contributed by atoms with Crippen LogP contribution >= 0.6 is 11.8 Å². The number of aromatic nitrogens is 1. The summed E-state index contributed by atoms with van der Waals surface area (Å²) in [6.45, 7) is 0. The van der Waals surface area contributed by atoms with Crippen molar-refractivity contribution >= 4 is 11.8 Å². The lowest BCUT2D eigenvalue weighted by Crippen LogP contribution is -2.12. The van der Waals surface area contributed by atoms with Gasteiger partial charge in [-0.3, -0.25) is 0 Å². The van der Waals surface area contributed by atoms with Gasteiger partial charge in [0.1, 0.15) is 0 Å². The highest BCUT2D eigenvalue weighted by Crippen LogP contribution is 2.32. The van der Waals surface area contributed by atoms with E-state index in [1.165, 1.54) is 32.1 Å². The third kappa shape index (κ3) is 3.86. The van der Waals surface area contributed by atoms with E-state index in [4.69, 9.17) is 5.73 Å². The SMILES string of the molecule is N[C@H](c1ccccc1)c1ccc(SC2CCCCC2)nc1. The molecule has 0 radical (unpaired) electrons. The summed E-state index contributed by atoms with van der Waals surface area (Å²) in [6, 6.07) is 14.3. The maximum Gasteiger partial charge on any atom is 0.0962 e. The average Bonchev–Trinajstić information content (AvgIpc) is 2.57. The molecule has 0 unspecified atom stereocenters. The van der Waals surface area contributed by atoms with Crippen molar-refractivity contribution in [1.29, 1.82) is 0 Å². The monoisotopic (exact) mass is 298 g/mol. The van der Waals surface area contributed by atoms with E-state index in [-0.39, 0.29) is 6.04 Å². The van der Waals surface area contributed by atoms with Gasteiger partial charge in [0.15, 0.2) is 0 Å². The van der Waals surface area contributed by atoms with Crippen LogP contribution in [0.5, 0.6) is 0 Å². The third-order valence-corrected chi connectivity index (χ3v) is 5.40. The minimum absolute atomic E-state index is 0.0903. The fraction of sp³-hybridized carbons (Fsp3) is 0.389. The maximum absolute atomic E-state index is 6.30. The summed E-state index contributed by atoms with van der Waals surface area (Å²) in [5.74, 6) is 0. The minimum atomic E-state index is -0.0903. The Hall–Kier alpha value is -1.32. The predicted molar refractivity (Wildman–Crippen MR) is 89.4 cm³/mol. The number of thioether (sulfide) groups is 1. The van der Waals surface area contributed by atoms with Crippen LogP contribution in [0.25, 0.3) is 0 Å². The molecular formula is C18H22N2S. The summed E-state index contributed by atoms with van der Waals surface area (Å²) in [6.07, 6.45) is 8.73. The van der Waals surface area contributed by atoms with E-state index in [0.717, 1.165) is 21.4 Å². The van der Waals surface area contributed by atoms with Crippen LogP contribution < -0.4 is 5.73 Å². The molecule has 0 amide bonds. The van der Waals surface area contributed by atoms with Crippen molar-refractivity contribution in [3.63, 3.8) is 0 Å². The van der Waals surface area contributed by atoms with Crippen LogP contribution in [0.3, 0.4) is 0 Å². The molecule has 1 aromatic carbocycles. The Bertz CT molecular complexity index is 547. The molecule has 0 saturated heterocycles. The summed E-state index contributed by atoms with van der Waals surface area (Å²) in [7, 11) is 0. The highest BCUT2D eigenvalue weighted by atomic mass is 32.2. The van der Waals surface area contributed by atoms with Crippen molar-refractivity contribution in [3.05, 3.63) is 59.8 Å². The maximum atomic E-state index is 6.30. The van der Waals surface area contributed by atoms with E-state index in [1.54, 1.807) is 0 Å². The van der Waals surface area contributed by atoms with Crippen LogP contribution in [-0.2, 0) is 0 Å². The number of hydrogen-bond acceptors (Lipinski definition) is 3. The van der Waals surface area contributed by atoms with Crippen LogP contribution in [0.4, 0.5) is 0 Å². The summed E-state index contributed by atoms with van der Waals surface area (Å²) in [5, 5.41) is 1.88. The Labute approximate surface area is 131 Å². The molecule has 1 fully saturated rings. The first kappa shape index (κ1) is 14.6. The van der Waals surface area contributed by atoms with Gasteiger partial charge in [0, 0.05) is 11.4 Å². The highest BCUT2D eigenvalue weighted by molar-refractivity contribution is 7.99. The molecule has 0 spiro atoms. The first-order valence-electron chi connectivity index (χ1n) is 7.76. The second-order valence-electron chi connectivity index (χ2n) is 5.70. The van der Waals surface area contributed by atoms with Crippen LogP contribution in [0.1, 0.15) is 49.3 Å². The Morgan fingerprint density at radius 2 is 1.71 bits per heavy atom. The third-order valence-electron chi connectivity index (χ3n) is 4.12. The Morgan fingerprint density at radius 1 is 0.952 bits per heavy atom. The van der Waals surface area contributed by atoms with Crippen molar-refractivity contribution in [2.45, 2.75) is 48.4 Å². The van der Waals surface area contributed by atoms with Gasteiger partial charge < -0.3 is 5.73 Å². The molecular weight excluding hydrogens is 276 g/mol. The smallest absolute Gasteiger partial charge is 0.0962 e. The van der Waals surface area contributed by atoms with E-state index >= 15 is 0 Å². The molecule has 3 rings (SSSR count). The van der Waals surface area contributed by atoms with Crippen molar-refractivity contribution in [2.24, 2.45) is 5.73 Å². The zero-order valence-corrected chi connectivity index (χ0v) is 13.1. The van der Waals surface area contributed by atoms with Crippen LogP contribution in [0, 0.1) is 0 Å². The standard InChI is InChI=1S/C18H22N2S/c19-18(14-7-3-1-4-8-14)15-11-12-17(20-13-15)21-16-9-5-2-6-10-16/h1,3-4,7-8,11-13,16,18H,2,5-6,9-10,19H2/t18-/m1/s1. The molecule has 2 aromatic rings. The molecule has 1 atom stereocenters. The number of hydrogen-bond donors (Lipinski definition) is 1. The number of pyridine rings is 1. The molecule has 110 valence electrons. The van der Waals surface area contributed by atoms with Crippen molar-refractivity contribution in [3.8, 4) is 0 Å². The average molecular weight is 298 g/mol. The fourth-order valence-electron chi connectivity index (χ4n) is 2.85. The normalized spacial score (nSPS) is 17.6. The number of rotatable bonds is 4. The molecule has 2 nitrogen and oxygen atoms in total. The molecule has 1 aromatic heterocycles. The topological polar surface area (TPSA) is 38.9 Å². The van der Waals surface area contributed by atoms with Crippen molar-refractivity contribution in [2.75, 3.05) is 0 Å². The van der Waals surface area contributed by atoms with Gasteiger partial charge in [-0.15, -0.1) is 11.8 Å². The molecule has 1 aliphatic carbocycles. The molecule has 0 aliphatic heterocycles. The Balaban J connectivity index is 1.66. The van der Waals surface area contributed by atoms with Gasteiger partial charge >= 0.3 is 0 Å². The van der Waals surface area contributed by atoms with Crippen LogP contribution in [-0.4, -0.2) is 10.2 Å². The van der Waals surface area contributed by atoms with E-state index < -0.39 is 0 Å². The predicted octanol–water partition coefficient (Wildman–Crippen LogP) is 4.55. The van der Waals surface area contributed by atoms with E-state index in [1.807, 2.05) is 36.2 Å². The first-order valence-corrected chi connectivity index (χ1v) is 8.64. The summed E-state index contributed by atoms with van der Waals surface area (Å²) < 4.78 is 0.